The Bertz CT molecular complexity index is 388. The highest BCUT2D eigenvalue weighted by Crippen LogP contribution is 2.12. The number of benzene rings is 1. The Balaban J connectivity index is 2.03. The summed E-state index contributed by atoms with van der Waals surface area (Å²) in [5.41, 5.74) is 4.54. The molecule has 0 bridgehead atoms. The van der Waals surface area contributed by atoms with Crippen molar-refractivity contribution in [2.75, 3.05) is 18.5 Å². The van der Waals surface area contributed by atoms with E-state index in [1.807, 2.05) is 17.1 Å². The molecule has 0 atom stereocenters. The Labute approximate surface area is 92.5 Å². The third-order valence-electron chi connectivity index (χ3n) is 2.08. The second-order valence-electron chi connectivity index (χ2n) is 3.18. The molecule has 1 aromatic rings. The minimum atomic E-state index is -0.440. The van der Waals surface area contributed by atoms with Gasteiger partial charge in [-0.1, -0.05) is 0 Å². The number of hydrazine groups is 1. The largest absolute Gasteiger partial charge is 0.297 e. The molecule has 0 unspecified atom stereocenters. The number of hydrogen-bond acceptors (Lipinski definition) is 4. The van der Waals surface area contributed by atoms with Crippen LogP contribution >= 0.6 is 11.6 Å². The summed E-state index contributed by atoms with van der Waals surface area (Å²) in [5.74, 6) is 0. The Kier molecular flexibility index (Phi) is 2.87. The summed E-state index contributed by atoms with van der Waals surface area (Å²) in [6.45, 7) is 1.67. The van der Waals surface area contributed by atoms with Crippen molar-refractivity contribution in [3.8, 4) is 0 Å². The molecule has 0 saturated heterocycles. The standard InChI is InChI=1S/C10H10ClN3O/c11-10(15)8-1-3-9(4-2-8)13-14-6-5-12-7-14/h1-4,7,13H,5-6H2. The van der Waals surface area contributed by atoms with Crippen molar-refractivity contribution in [2.45, 2.75) is 0 Å². The molecule has 1 aromatic carbocycles. The molecule has 0 spiro atoms. The maximum Gasteiger partial charge on any atom is 0.252 e. The van der Waals surface area contributed by atoms with Gasteiger partial charge < -0.3 is 0 Å². The number of carbonyl (C=O) groups excluding carboxylic acids is 1. The van der Waals surface area contributed by atoms with E-state index in [1.54, 1.807) is 18.5 Å². The number of carbonyl (C=O) groups is 1. The number of halogens is 1. The summed E-state index contributed by atoms with van der Waals surface area (Å²) < 4.78 is 0. The molecular weight excluding hydrogens is 214 g/mol. The van der Waals surface area contributed by atoms with E-state index in [0.717, 1.165) is 18.8 Å². The molecule has 1 N–H and O–H groups in total. The zero-order valence-electron chi connectivity index (χ0n) is 7.98. The molecule has 0 amide bonds. The molecule has 1 heterocycles. The van der Waals surface area contributed by atoms with Gasteiger partial charge in [-0.25, -0.2) is 0 Å². The molecule has 4 nitrogen and oxygen atoms in total. The molecule has 1 aliphatic rings. The Hall–Kier alpha value is -1.55. The van der Waals surface area contributed by atoms with Crippen LogP contribution in [0.25, 0.3) is 0 Å². The van der Waals surface area contributed by atoms with Gasteiger partial charge in [0.15, 0.2) is 0 Å². The fraction of sp³-hybridized carbons (Fsp3) is 0.200. The van der Waals surface area contributed by atoms with Crippen LogP contribution in [0.5, 0.6) is 0 Å². The highest BCUT2D eigenvalue weighted by molar-refractivity contribution is 6.67. The smallest absolute Gasteiger partial charge is 0.252 e. The van der Waals surface area contributed by atoms with Crippen molar-refractivity contribution in [1.82, 2.24) is 5.01 Å². The van der Waals surface area contributed by atoms with Crippen LogP contribution in [-0.2, 0) is 0 Å². The molecule has 0 aliphatic carbocycles. The molecule has 78 valence electrons. The van der Waals surface area contributed by atoms with Crippen LogP contribution in [0.15, 0.2) is 29.3 Å². The molecular formula is C10H10ClN3O. The summed E-state index contributed by atoms with van der Waals surface area (Å²) in [5, 5.41) is 1.45. The molecule has 0 saturated carbocycles. The number of nitrogens with one attached hydrogen (secondary N) is 1. The molecule has 2 rings (SSSR count). The lowest BCUT2D eigenvalue weighted by atomic mass is 10.2. The van der Waals surface area contributed by atoms with Crippen molar-refractivity contribution in [2.24, 2.45) is 4.99 Å². The Morgan fingerprint density at radius 1 is 1.40 bits per heavy atom. The lowest BCUT2D eigenvalue weighted by molar-refractivity contribution is 0.108. The summed E-state index contributed by atoms with van der Waals surface area (Å²) in [6.07, 6.45) is 1.75. The van der Waals surface area contributed by atoms with E-state index >= 15 is 0 Å². The van der Waals surface area contributed by atoms with Crippen LogP contribution in [0.2, 0.25) is 0 Å². The predicted molar refractivity (Wildman–Crippen MR) is 60.3 cm³/mol. The first-order chi connectivity index (χ1) is 7.25. The summed E-state index contributed by atoms with van der Waals surface area (Å²) in [7, 11) is 0. The van der Waals surface area contributed by atoms with Gasteiger partial charge in [0, 0.05) is 5.56 Å². The van der Waals surface area contributed by atoms with Gasteiger partial charge in [0.1, 0.15) is 6.34 Å². The van der Waals surface area contributed by atoms with Crippen molar-refractivity contribution < 1.29 is 4.79 Å². The first-order valence-corrected chi connectivity index (χ1v) is 4.96. The van der Waals surface area contributed by atoms with Crippen molar-refractivity contribution in [1.29, 1.82) is 0 Å². The molecule has 0 aromatic heterocycles. The third kappa shape index (κ3) is 2.47. The van der Waals surface area contributed by atoms with Crippen molar-refractivity contribution in [3.63, 3.8) is 0 Å². The fourth-order valence-corrected chi connectivity index (χ4v) is 1.43. The average molecular weight is 224 g/mol. The maximum absolute atomic E-state index is 10.8. The van der Waals surface area contributed by atoms with E-state index in [-0.39, 0.29) is 0 Å². The van der Waals surface area contributed by atoms with Gasteiger partial charge in [-0.05, 0) is 35.9 Å². The number of rotatable bonds is 3. The van der Waals surface area contributed by atoms with Gasteiger partial charge in [0.2, 0.25) is 0 Å². The van der Waals surface area contributed by atoms with Crippen LogP contribution in [0, 0.1) is 0 Å². The maximum atomic E-state index is 10.8. The van der Waals surface area contributed by atoms with Crippen LogP contribution in [-0.4, -0.2) is 29.7 Å². The number of nitrogens with zero attached hydrogens (tertiary/aromatic N) is 2. The number of hydrogen-bond donors (Lipinski definition) is 1. The van der Waals surface area contributed by atoms with Crippen LogP contribution in [0.3, 0.4) is 0 Å². The van der Waals surface area contributed by atoms with Gasteiger partial charge >= 0.3 is 0 Å². The second-order valence-corrected chi connectivity index (χ2v) is 3.52. The highest BCUT2D eigenvalue weighted by atomic mass is 35.5. The van der Waals surface area contributed by atoms with E-state index in [1.165, 1.54) is 0 Å². The Morgan fingerprint density at radius 3 is 2.67 bits per heavy atom. The van der Waals surface area contributed by atoms with E-state index in [0.29, 0.717) is 5.56 Å². The predicted octanol–water partition coefficient (Wildman–Crippen LogP) is 1.74. The van der Waals surface area contributed by atoms with E-state index in [2.05, 4.69) is 10.4 Å². The van der Waals surface area contributed by atoms with Gasteiger partial charge in [0.25, 0.3) is 5.24 Å². The fourth-order valence-electron chi connectivity index (χ4n) is 1.31. The van der Waals surface area contributed by atoms with E-state index in [9.17, 15) is 4.79 Å². The van der Waals surface area contributed by atoms with Gasteiger partial charge in [0.05, 0.1) is 18.8 Å². The van der Waals surface area contributed by atoms with Gasteiger partial charge in [-0.3, -0.25) is 20.2 Å². The second kappa shape index (κ2) is 4.31. The third-order valence-corrected chi connectivity index (χ3v) is 2.29. The molecule has 0 fully saturated rings. The summed E-state index contributed by atoms with van der Waals surface area (Å²) >= 11 is 5.33. The highest BCUT2D eigenvalue weighted by Gasteiger charge is 2.05. The number of anilines is 1. The summed E-state index contributed by atoms with van der Waals surface area (Å²) in [6, 6.07) is 6.99. The van der Waals surface area contributed by atoms with E-state index in [4.69, 9.17) is 11.6 Å². The van der Waals surface area contributed by atoms with Crippen molar-refractivity contribution in [3.05, 3.63) is 29.8 Å². The topological polar surface area (TPSA) is 44.7 Å². The molecule has 15 heavy (non-hydrogen) atoms. The SMILES string of the molecule is O=C(Cl)c1ccc(NN2C=NCC2)cc1. The lowest BCUT2D eigenvalue weighted by Crippen LogP contribution is -2.26. The normalized spacial score (nSPS) is 14.3. The Morgan fingerprint density at radius 2 is 2.13 bits per heavy atom. The quantitative estimate of drug-likeness (QED) is 0.794. The van der Waals surface area contributed by atoms with Crippen molar-refractivity contribution >= 4 is 28.9 Å². The van der Waals surface area contributed by atoms with Gasteiger partial charge in [-0.15, -0.1) is 0 Å². The first kappa shape index (κ1) is 9.98. The number of aliphatic imine (C=N–C) groups is 1. The van der Waals surface area contributed by atoms with Crippen LogP contribution < -0.4 is 5.43 Å². The minimum Gasteiger partial charge on any atom is -0.297 e. The summed E-state index contributed by atoms with van der Waals surface area (Å²) in [4.78, 5) is 14.9. The average Bonchev–Trinajstić information content (AvgIpc) is 2.71. The van der Waals surface area contributed by atoms with E-state index < -0.39 is 5.24 Å². The zero-order valence-corrected chi connectivity index (χ0v) is 8.74. The molecule has 5 heteroatoms. The monoisotopic (exact) mass is 223 g/mol. The lowest BCUT2D eigenvalue weighted by Gasteiger charge is -2.16. The first-order valence-electron chi connectivity index (χ1n) is 4.59. The minimum absolute atomic E-state index is 0.440. The zero-order chi connectivity index (χ0) is 10.7. The van der Waals surface area contributed by atoms with Crippen LogP contribution in [0.1, 0.15) is 10.4 Å². The van der Waals surface area contributed by atoms with Crippen LogP contribution in [0.4, 0.5) is 5.69 Å². The molecule has 0 radical (unpaired) electrons. The molecule has 1 aliphatic heterocycles. The van der Waals surface area contributed by atoms with Gasteiger partial charge in [-0.2, -0.15) is 0 Å².